The highest BCUT2D eigenvalue weighted by Crippen LogP contribution is 2.35. The molecule has 46 heavy (non-hydrogen) atoms. The van der Waals surface area contributed by atoms with Crippen molar-refractivity contribution in [3.8, 4) is 5.75 Å². The van der Waals surface area contributed by atoms with Gasteiger partial charge in [0.2, 0.25) is 0 Å². The molecule has 3 amide bonds. The fraction of sp³-hybridized carbons (Fsp3) is 0.344. The van der Waals surface area contributed by atoms with E-state index in [2.05, 4.69) is 15.4 Å². The van der Waals surface area contributed by atoms with Gasteiger partial charge in [0.05, 0.1) is 13.1 Å². The lowest BCUT2D eigenvalue weighted by Crippen LogP contribution is -2.36. The van der Waals surface area contributed by atoms with Gasteiger partial charge in [0.15, 0.2) is 16.7 Å². The van der Waals surface area contributed by atoms with Crippen molar-refractivity contribution in [1.82, 2.24) is 5.32 Å². The van der Waals surface area contributed by atoms with Crippen molar-refractivity contribution in [2.45, 2.75) is 61.9 Å². The Morgan fingerprint density at radius 2 is 1.67 bits per heavy atom. The maximum atomic E-state index is 13.7. The molecule has 10 nitrogen and oxygen atoms in total. The number of nitrogens with zero attached hydrogens (tertiary/aromatic N) is 1. The van der Waals surface area contributed by atoms with E-state index in [1.807, 2.05) is 24.3 Å². The summed E-state index contributed by atoms with van der Waals surface area (Å²) in [6, 6.07) is 16.6. The third kappa shape index (κ3) is 9.61. The topological polar surface area (TPSA) is 151 Å². The van der Waals surface area contributed by atoms with E-state index < -0.39 is 53.8 Å². The number of hydrogen-bond acceptors (Lipinski definition) is 6. The van der Waals surface area contributed by atoms with E-state index in [0.29, 0.717) is 17.2 Å². The summed E-state index contributed by atoms with van der Waals surface area (Å²) in [5, 5.41) is 23.2. The Labute approximate surface area is 266 Å². The van der Waals surface area contributed by atoms with Crippen molar-refractivity contribution < 1.29 is 47.1 Å². The Bertz CT molecular complexity index is 1510. The van der Waals surface area contributed by atoms with Crippen molar-refractivity contribution in [1.29, 1.82) is 0 Å². The van der Waals surface area contributed by atoms with Gasteiger partial charge in [0.25, 0.3) is 5.91 Å². The molecule has 4 rings (SSSR count). The van der Waals surface area contributed by atoms with E-state index in [9.17, 15) is 37.2 Å². The second-order valence-electron chi connectivity index (χ2n) is 10.9. The van der Waals surface area contributed by atoms with Crippen molar-refractivity contribution in [3.63, 3.8) is 0 Å². The molecule has 0 aromatic heterocycles. The van der Waals surface area contributed by atoms with Crippen LogP contribution in [0.5, 0.6) is 5.75 Å². The van der Waals surface area contributed by atoms with Crippen LogP contribution in [-0.4, -0.2) is 57.9 Å². The van der Waals surface area contributed by atoms with E-state index in [0.717, 1.165) is 37.8 Å². The van der Waals surface area contributed by atoms with Gasteiger partial charge in [-0.2, -0.15) is 0 Å². The normalized spacial score (nSPS) is 15.0. The standard InChI is InChI=1S/C32H34F3N3O7S/c1-46(44)28-17-24(13-16-27(28)45-32(33,34)35)37-31(43)38(25-14-11-22(12-15-25)21-5-3-2-4-6-21)19-20-7-9-23(10-8-20)29(40)36-18-26(39)30(41)42/h7-17,21,26,39H,2-6,18-19H2,1H3,(H,36,40)(H,37,43)(H,41,42)/t26-,46?/m1/s1. The summed E-state index contributed by atoms with van der Waals surface area (Å²) in [5.74, 6) is -2.26. The predicted octanol–water partition coefficient (Wildman–Crippen LogP) is 5.78. The summed E-state index contributed by atoms with van der Waals surface area (Å²) in [6.07, 6.45) is 0.171. The minimum Gasteiger partial charge on any atom is -0.612 e. The molecular formula is C32H34F3N3O7S. The number of nitrogens with one attached hydrogen (secondary N) is 2. The number of alkyl halides is 3. The first-order valence-electron chi connectivity index (χ1n) is 14.5. The number of ether oxygens (including phenoxy) is 1. The molecule has 0 radical (unpaired) electrons. The minimum atomic E-state index is -4.99. The van der Waals surface area contributed by atoms with Crippen LogP contribution in [0.4, 0.5) is 29.3 Å². The fourth-order valence-electron chi connectivity index (χ4n) is 5.18. The minimum absolute atomic E-state index is 0.0378. The number of amides is 3. The number of carbonyl (C=O) groups excluding carboxylic acids is 2. The van der Waals surface area contributed by atoms with Crippen molar-refractivity contribution in [3.05, 3.63) is 83.4 Å². The smallest absolute Gasteiger partial charge is 0.573 e. The highest BCUT2D eigenvalue weighted by atomic mass is 32.2. The molecule has 0 aliphatic heterocycles. The highest BCUT2D eigenvalue weighted by molar-refractivity contribution is 7.90. The number of aliphatic hydroxyl groups is 1. The first kappa shape index (κ1) is 34.6. The van der Waals surface area contributed by atoms with E-state index in [1.165, 1.54) is 41.3 Å². The zero-order chi connectivity index (χ0) is 33.4. The average molecular weight is 662 g/mol. The quantitative estimate of drug-likeness (QED) is 0.190. The molecule has 2 atom stereocenters. The molecule has 1 fully saturated rings. The molecule has 1 saturated carbocycles. The second-order valence-corrected chi connectivity index (χ2v) is 12.2. The Kier molecular flexibility index (Phi) is 11.5. The summed E-state index contributed by atoms with van der Waals surface area (Å²) in [6.45, 7) is -0.437. The van der Waals surface area contributed by atoms with Gasteiger partial charge in [-0.25, -0.2) is 9.59 Å². The molecule has 14 heteroatoms. The summed E-state index contributed by atoms with van der Waals surface area (Å²) in [7, 11) is 0. The van der Waals surface area contributed by atoms with Crippen LogP contribution < -0.4 is 20.3 Å². The van der Waals surface area contributed by atoms with Crippen LogP contribution in [-0.2, 0) is 22.5 Å². The lowest BCUT2D eigenvalue weighted by molar-refractivity contribution is -0.275. The van der Waals surface area contributed by atoms with Gasteiger partial charge in [0, 0.05) is 23.0 Å². The van der Waals surface area contributed by atoms with E-state index in [-0.39, 0.29) is 22.7 Å². The van der Waals surface area contributed by atoms with Crippen LogP contribution >= 0.6 is 0 Å². The SMILES string of the molecule is C[S+]([O-])c1cc(NC(=O)N(Cc2ccc(C(=O)NC[C@@H](O)C(=O)O)cc2)c2ccc(C3CCCCC3)cc2)ccc1OC(F)(F)F. The number of carbonyl (C=O) groups is 3. The monoisotopic (exact) mass is 661 g/mol. The maximum absolute atomic E-state index is 13.7. The molecule has 0 saturated heterocycles. The first-order chi connectivity index (χ1) is 21.8. The van der Waals surface area contributed by atoms with Crippen molar-refractivity contribution >= 4 is 40.5 Å². The Morgan fingerprint density at radius 1 is 1.02 bits per heavy atom. The van der Waals surface area contributed by atoms with Gasteiger partial charge >= 0.3 is 18.4 Å². The lowest BCUT2D eigenvalue weighted by atomic mass is 9.84. The molecule has 1 unspecified atom stereocenters. The predicted molar refractivity (Wildman–Crippen MR) is 165 cm³/mol. The first-order valence-corrected chi connectivity index (χ1v) is 16.1. The van der Waals surface area contributed by atoms with Crippen LogP contribution in [0.2, 0.25) is 0 Å². The Morgan fingerprint density at radius 3 is 2.26 bits per heavy atom. The largest absolute Gasteiger partial charge is 0.612 e. The molecule has 3 aromatic rings. The molecular weight excluding hydrogens is 627 g/mol. The molecule has 1 aliphatic rings. The van der Waals surface area contributed by atoms with Crippen LogP contribution in [0, 0.1) is 0 Å². The van der Waals surface area contributed by atoms with Gasteiger partial charge in [-0.3, -0.25) is 9.69 Å². The van der Waals surface area contributed by atoms with Gasteiger partial charge in [0.1, 0.15) is 6.26 Å². The van der Waals surface area contributed by atoms with Gasteiger partial charge in [-0.05, 0) is 77.5 Å². The Hall–Kier alpha value is -4.27. The zero-order valence-electron chi connectivity index (χ0n) is 24.9. The number of urea groups is 1. The van der Waals surface area contributed by atoms with Crippen LogP contribution in [0.15, 0.2) is 71.6 Å². The van der Waals surface area contributed by atoms with Crippen molar-refractivity contribution in [2.75, 3.05) is 23.0 Å². The number of aliphatic hydroxyl groups excluding tert-OH is 1. The molecule has 246 valence electrons. The second kappa shape index (κ2) is 15.3. The van der Waals surface area contributed by atoms with Crippen molar-refractivity contribution in [2.24, 2.45) is 0 Å². The summed E-state index contributed by atoms with van der Waals surface area (Å²) in [4.78, 5) is 38.0. The van der Waals surface area contributed by atoms with E-state index >= 15 is 0 Å². The van der Waals surface area contributed by atoms with Gasteiger partial charge in [-0.15, -0.1) is 13.2 Å². The number of carboxylic acids is 1. The van der Waals surface area contributed by atoms with Gasteiger partial charge < -0.3 is 30.1 Å². The van der Waals surface area contributed by atoms with Crippen LogP contribution in [0.1, 0.15) is 59.5 Å². The average Bonchev–Trinajstić information content (AvgIpc) is 3.03. The fourth-order valence-corrected chi connectivity index (χ4v) is 5.86. The highest BCUT2D eigenvalue weighted by Gasteiger charge is 2.34. The molecule has 3 aromatic carbocycles. The van der Waals surface area contributed by atoms with Crippen LogP contribution in [0.3, 0.4) is 0 Å². The lowest BCUT2D eigenvalue weighted by Gasteiger charge is -2.26. The number of benzene rings is 3. The molecule has 0 bridgehead atoms. The summed E-state index contributed by atoms with van der Waals surface area (Å²) in [5.41, 5.74) is 2.64. The molecule has 0 heterocycles. The number of anilines is 2. The number of hydrogen-bond donors (Lipinski definition) is 4. The third-order valence-electron chi connectivity index (χ3n) is 7.55. The maximum Gasteiger partial charge on any atom is 0.573 e. The van der Waals surface area contributed by atoms with Gasteiger partial charge in [-0.1, -0.05) is 43.5 Å². The Balaban J connectivity index is 1.56. The van der Waals surface area contributed by atoms with E-state index in [4.69, 9.17) is 5.11 Å². The van der Waals surface area contributed by atoms with Crippen LogP contribution in [0.25, 0.3) is 0 Å². The number of carboxylic acid groups (broad SMARTS) is 1. The third-order valence-corrected chi connectivity index (χ3v) is 8.49. The molecule has 4 N–H and O–H groups in total. The summed E-state index contributed by atoms with van der Waals surface area (Å²) >= 11 is -1.86. The number of aliphatic carboxylic acids is 1. The molecule has 0 spiro atoms. The molecule has 1 aliphatic carbocycles. The van der Waals surface area contributed by atoms with E-state index in [1.54, 1.807) is 12.1 Å². The number of rotatable bonds is 11. The summed E-state index contributed by atoms with van der Waals surface area (Å²) < 4.78 is 54.8. The number of halogens is 3. The zero-order valence-corrected chi connectivity index (χ0v) is 25.7.